The molecule has 2 aromatic heterocycles. The molecule has 0 radical (unpaired) electrons. The van der Waals surface area contributed by atoms with Crippen molar-refractivity contribution < 1.29 is 13.9 Å². The van der Waals surface area contributed by atoms with Crippen LogP contribution in [0.3, 0.4) is 0 Å². The highest BCUT2D eigenvalue weighted by atomic mass is 32.1. The van der Waals surface area contributed by atoms with Crippen LogP contribution in [0.1, 0.15) is 31.9 Å². The van der Waals surface area contributed by atoms with Crippen molar-refractivity contribution in [3.05, 3.63) is 99.3 Å². The molecule has 5 nitrogen and oxygen atoms in total. The number of benzene rings is 2. The van der Waals surface area contributed by atoms with Crippen LogP contribution in [0.15, 0.2) is 66.3 Å². The molecule has 1 amide bonds. The van der Waals surface area contributed by atoms with Crippen molar-refractivity contribution in [2.75, 3.05) is 5.32 Å². The van der Waals surface area contributed by atoms with E-state index < -0.39 is 0 Å². The molecule has 31 heavy (non-hydrogen) atoms. The van der Waals surface area contributed by atoms with Crippen molar-refractivity contribution >= 4 is 22.9 Å². The van der Waals surface area contributed by atoms with E-state index in [9.17, 15) is 9.18 Å². The van der Waals surface area contributed by atoms with Crippen LogP contribution in [0, 0.1) is 19.7 Å². The third-order valence-corrected chi connectivity index (χ3v) is 5.93. The van der Waals surface area contributed by atoms with E-state index in [1.807, 2.05) is 36.6 Å². The van der Waals surface area contributed by atoms with Gasteiger partial charge in [0.1, 0.15) is 18.2 Å². The predicted octanol–water partition coefficient (Wildman–Crippen LogP) is 5.58. The molecule has 0 aliphatic carbocycles. The van der Waals surface area contributed by atoms with Crippen LogP contribution in [0.2, 0.25) is 0 Å². The molecule has 4 rings (SSSR count). The summed E-state index contributed by atoms with van der Waals surface area (Å²) in [7, 11) is 0. The largest absolute Gasteiger partial charge is 0.489 e. The standard InChI is InChI=1S/C24H22FN3O2S/c1-16-5-3-8-22(17(16)2)30-14-19-10-23(31-15-19)24(29)27-21-11-26-28(13-21)12-18-6-4-7-20(25)9-18/h3-11,13,15H,12,14H2,1-2H3,(H,27,29). The molecule has 0 bridgehead atoms. The molecule has 0 fully saturated rings. The van der Waals surface area contributed by atoms with E-state index in [0.717, 1.165) is 22.4 Å². The lowest BCUT2D eigenvalue weighted by Gasteiger charge is -2.09. The fourth-order valence-corrected chi connectivity index (χ4v) is 3.93. The van der Waals surface area contributed by atoms with Crippen LogP contribution in [-0.4, -0.2) is 15.7 Å². The van der Waals surface area contributed by atoms with E-state index >= 15 is 0 Å². The number of ether oxygens (including phenoxy) is 1. The first-order chi connectivity index (χ1) is 15.0. The molecule has 0 unspecified atom stereocenters. The van der Waals surface area contributed by atoms with Crippen molar-refractivity contribution in [3.8, 4) is 5.75 Å². The van der Waals surface area contributed by atoms with Crippen LogP contribution in [0.4, 0.5) is 10.1 Å². The third-order valence-electron chi connectivity index (χ3n) is 4.95. The van der Waals surface area contributed by atoms with Gasteiger partial charge >= 0.3 is 0 Å². The Morgan fingerprint density at radius 1 is 1.16 bits per heavy atom. The van der Waals surface area contributed by atoms with Gasteiger partial charge in [-0.25, -0.2) is 4.39 Å². The lowest BCUT2D eigenvalue weighted by atomic mass is 10.1. The van der Waals surface area contributed by atoms with E-state index in [-0.39, 0.29) is 11.7 Å². The zero-order chi connectivity index (χ0) is 21.8. The van der Waals surface area contributed by atoms with Gasteiger partial charge in [0.05, 0.1) is 23.3 Å². The summed E-state index contributed by atoms with van der Waals surface area (Å²) in [6, 6.07) is 14.2. The van der Waals surface area contributed by atoms with E-state index in [4.69, 9.17) is 4.74 Å². The van der Waals surface area contributed by atoms with E-state index in [1.165, 1.54) is 29.0 Å². The van der Waals surface area contributed by atoms with E-state index in [1.54, 1.807) is 23.1 Å². The van der Waals surface area contributed by atoms with Crippen molar-refractivity contribution in [1.29, 1.82) is 0 Å². The summed E-state index contributed by atoms with van der Waals surface area (Å²) in [4.78, 5) is 13.2. The Kier molecular flexibility index (Phi) is 6.13. The lowest BCUT2D eigenvalue weighted by molar-refractivity contribution is 0.103. The van der Waals surface area contributed by atoms with Crippen LogP contribution >= 0.6 is 11.3 Å². The van der Waals surface area contributed by atoms with Crippen LogP contribution in [-0.2, 0) is 13.2 Å². The summed E-state index contributed by atoms with van der Waals surface area (Å²) in [5.41, 5.74) is 4.63. The molecular formula is C24H22FN3O2S. The molecule has 0 atom stereocenters. The summed E-state index contributed by atoms with van der Waals surface area (Å²) in [5.74, 6) is 0.365. The number of aromatic nitrogens is 2. The number of rotatable bonds is 7. The first-order valence-electron chi connectivity index (χ1n) is 9.82. The molecule has 2 heterocycles. The monoisotopic (exact) mass is 435 g/mol. The van der Waals surface area contributed by atoms with E-state index in [2.05, 4.69) is 23.4 Å². The minimum atomic E-state index is -0.284. The van der Waals surface area contributed by atoms with Crippen molar-refractivity contribution in [1.82, 2.24) is 9.78 Å². The van der Waals surface area contributed by atoms with Gasteiger partial charge in [-0.05, 0) is 60.2 Å². The second-order valence-corrected chi connectivity index (χ2v) is 8.23. The van der Waals surface area contributed by atoms with E-state index in [0.29, 0.717) is 23.7 Å². The Morgan fingerprint density at radius 3 is 2.84 bits per heavy atom. The van der Waals surface area contributed by atoms with Gasteiger partial charge < -0.3 is 10.1 Å². The maximum Gasteiger partial charge on any atom is 0.265 e. The number of thiophene rings is 1. The van der Waals surface area contributed by atoms with Crippen molar-refractivity contribution in [2.24, 2.45) is 0 Å². The Hall–Kier alpha value is -3.45. The predicted molar refractivity (Wildman–Crippen MR) is 120 cm³/mol. The fourth-order valence-electron chi connectivity index (χ4n) is 3.14. The molecule has 7 heteroatoms. The van der Waals surface area contributed by atoms with Gasteiger partial charge in [-0.15, -0.1) is 11.3 Å². The second-order valence-electron chi connectivity index (χ2n) is 7.32. The third kappa shape index (κ3) is 5.19. The zero-order valence-electron chi connectivity index (χ0n) is 17.3. The number of hydrogen-bond donors (Lipinski definition) is 1. The highest BCUT2D eigenvalue weighted by Gasteiger charge is 2.12. The van der Waals surface area contributed by atoms with Crippen LogP contribution < -0.4 is 10.1 Å². The highest BCUT2D eigenvalue weighted by molar-refractivity contribution is 7.12. The molecule has 0 saturated carbocycles. The summed E-state index contributed by atoms with van der Waals surface area (Å²) in [6.45, 7) is 4.91. The van der Waals surface area contributed by atoms with Crippen molar-refractivity contribution in [3.63, 3.8) is 0 Å². The zero-order valence-corrected chi connectivity index (χ0v) is 18.1. The normalized spacial score (nSPS) is 10.8. The fraction of sp³-hybridized carbons (Fsp3) is 0.167. The molecule has 2 aromatic carbocycles. The Labute approximate surface area is 184 Å². The number of amides is 1. The minimum absolute atomic E-state index is 0.201. The van der Waals surface area contributed by atoms with Gasteiger partial charge in [0.2, 0.25) is 0 Å². The van der Waals surface area contributed by atoms with Gasteiger partial charge in [0, 0.05) is 11.8 Å². The van der Waals surface area contributed by atoms with Gasteiger partial charge in [-0.3, -0.25) is 9.48 Å². The topological polar surface area (TPSA) is 56.1 Å². The highest BCUT2D eigenvalue weighted by Crippen LogP contribution is 2.23. The maximum absolute atomic E-state index is 13.3. The molecular weight excluding hydrogens is 413 g/mol. The average molecular weight is 436 g/mol. The average Bonchev–Trinajstić information content (AvgIpc) is 3.39. The summed E-state index contributed by atoms with van der Waals surface area (Å²) >= 11 is 1.37. The molecule has 0 aliphatic rings. The molecule has 1 N–H and O–H groups in total. The van der Waals surface area contributed by atoms with Crippen LogP contribution in [0.25, 0.3) is 0 Å². The maximum atomic E-state index is 13.3. The minimum Gasteiger partial charge on any atom is -0.489 e. The number of anilines is 1. The number of carbonyl (C=O) groups excluding carboxylic acids is 1. The number of carbonyl (C=O) groups is 1. The summed E-state index contributed by atoms with van der Waals surface area (Å²) in [6.07, 6.45) is 3.30. The van der Waals surface area contributed by atoms with Gasteiger partial charge in [-0.2, -0.15) is 5.10 Å². The number of aryl methyl sites for hydroxylation is 1. The summed E-state index contributed by atoms with van der Waals surface area (Å²) < 4.78 is 20.9. The summed E-state index contributed by atoms with van der Waals surface area (Å²) in [5, 5.41) is 9.01. The quantitative estimate of drug-likeness (QED) is 0.412. The first-order valence-corrected chi connectivity index (χ1v) is 10.7. The van der Waals surface area contributed by atoms with Gasteiger partial charge in [0.25, 0.3) is 5.91 Å². The van der Waals surface area contributed by atoms with Crippen molar-refractivity contribution in [2.45, 2.75) is 27.0 Å². The Morgan fingerprint density at radius 2 is 2.00 bits per heavy atom. The Bertz CT molecular complexity index is 1220. The molecule has 158 valence electrons. The number of nitrogens with zero attached hydrogens (tertiary/aromatic N) is 2. The number of halogens is 1. The van der Waals surface area contributed by atoms with Gasteiger partial charge in [-0.1, -0.05) is 24.3 Å². The smallest absolute Gasteiger partial charge is 0.265 e. The first kappa shape index (κ1) is 20.8. The Balaban J connectivity index is 1.35. The lowest BCUT2D eigenvalue weighted by Crippen LogP contribution is -2.09. The molecule has 0 aliphatic heterocycles. The van der Waals surface area contributed by atoms with Gasteiger partial charge in [0.15, 0.2) is 0 Å². The second kappa shape index (κ2) is 9.14. The van der Waals surface area contributed by atoms with Crippen LogP contribution in [0.5, 0.6) is 5.75 Å². The number of hydrogen-bond acceptors (Lipinski definition) is 4. The SMILES string of the molecule is Cc1cccc(OCc2csc(C(=O)Nc3cnn(Cc4cccc(F)c4)c3)c2)c1C. The molecule has 4 aromatic rings. The molecule has 0 spiro atoms. The molecule has 0 saturated heterocycles. The number of nitrogens with one attached hydrogen (secondary N) is 1.